The van der Waals surface area contributed by atoms with E-state index in [0.29, 0.717) is 24.3 Å². The molecule has 0 unspecified atom stereocenters. The summed E-state index contributed by atoms with van der Waals surface area (Å²) in [6.45, 7) is 2.23. The van der Waals surface area contributed by atoms with E-state index in [4.69, 9.17) is 4.74 Å². The Kier molecular flexibility index (Phi) is 5.11. The lowest BCUT2D eigenvalue weighted by molar-refractivity contribution is -0.124. The van der Waals surface area contributed by atoms with Crippen LogP contribution in [0.1, 0.15) is 44.2 Å². The summed E-state index contributed by atoms with van der Waals surface area (Å²) in [7, 11) is 1.46. The Hall–Kier alpha value is -2.31. The van der Waals surface area contributed by atoms with E-state index in [0.717, 1.165) is 19.3 Å². The van der Waals surface area contributed by atoms with Gasteiger partial charge < -0.3 is 20.3 Å². The number of methoxy groups -OCH3 is 1. The van der Waals surface area contributed by atoms with Crippen LogP contribution < -0.4 is 15.4 Å². The minimum Gasteiger partial charge on any atom is -0.496 e. The van der Waals surface area contributed by atoms with Gasteiger partial charge in [0.2, 0.25) is 5.91 Å². The molecule has 0 aromatic heterocycles. The molecule has 1 aliphatic carbocycles. The van der Waals surface area contributed by atoms with Gasteiger partial charge in [-0.3, -0.25) is 4.79 Å². The fraction of sp³-hybridized carbons (Fsp3) is 0.556. The van der Waals surface area contributed by atoms with Crippen molar-refractivity contribution in [3.05, 3.63) is 29.6 Å². The number of carbonyl (C=O) groups excluding carboxylic acids is 2. The van der Waals surface area contributed by atoms with Crippen LogP contribution in [0.4, 0.5) is 9.18 Å². The van der Waals surface area contributed by atoms with Crippen LogP contribution in [0.2, 0.25) is 0 Å². The summed E-state index contributed by atoms with van der Waals surface area (Å²) in [4.78, 5) is 26.5. The van der Waals surface area contributed by atoms with Gasteiger partial charge in [0, 0.05) is 12.6 Å². The molecule has 1 saturated heterocycles. The first-order chi connectivity index (χ1) is 12.0. The van der Waals surface area contributed by atoms with Crippen molar-refractivity contribution >= 4 is 11.9 Å². The first-order valence-electron chi connectivity index (χ1n) is 8.71. The zero-order valence-corrected chi connectivity index (χ0v) is 14.5. The van der Waals surface area contributed by atoms with Gasteiger partial charge in [0.25, 0.3) is 0 Å². The van der Waals surface area contributed by atoms with Gasteiger partial charge in [-0.25, -0.2) is 9.18 Å². The Bertz CT molecular complexity index is 663. The summed E-state index contributed by atoms with van der Waals surface area (Å²) in [5, 5.41) is 5.75. The Morgan fingerprint density at radius 1 is 1.32 bits per heavy atom. The van der Waals surface area contributed by atoms with Crippen molar-refractivity contribution in [2.24, 2.45) is 0 Å². The monoisotopic (exact) mass is 349 g/mol. The number of ether oxygens (including phenoxy) is 1. The van der Waals surface area contributed by atoms with Crippen LogP contribution in [0, 0.1) is 5.82 Å². The number of rotatable bonds is 5. The number of hydrogen-bond donors (Lipinski definition) is 2. The number of nitrogens with one attached hydrogen (secondary N) is 2. The van der Waals surface area contributed by atoms with Crippen molar-refractivity contribution in [2.75, 3.05) is 13.7 Å². The quantitative estimate of drug-likeness (QED) is 0.857. The van der Waals surface area contributed by atoms with E-state index in [-0.39, 0.29) is 18.0 Å². The summed E-state index contributed by atoms with van der Waals surface area (Å²) in [5.74, 6) is -0.139. The van der Waals surface area contributed by atoms with Crippen molar-refractivity contribution in [3.63, 3.8) is 0 Å². The Morgan fingerprint density at radius 3 is 2.76 bits per heavy atom. The van der Waals surface area contributed by atoms with E-state index in [9.17, 15) is 14.0 Å². The largest absolute Gasteiger partial charge is 0.496 e. The fourth-order valence-electron chi connectivity index (χ4n) is 3.26. The van der Waals surface area contributed by atoms with Crippen LogP contribution >= 0.6 is 0 Å². The summed E-state index contributed by atoms with van der Waals surface area (Å²) in [6, 6.07) is 3.44. The topological polar surface area (TPSA) is 70.7 Å². The molecular formula is C18H24FN3O3. The smallest absolute Gasteiger partial charge is 0.318 e. The molecule has 0 radical (unpaired) electrons. The highest BCUT2D eigenvalue weighted by Gasteiger charge is 2.37. The molecule has 1 aliphatic heterocycles. The van der Waals surface area contributed by atoms with Crippen LogP contribution in [-0.4, -0.2) is 42.6 Å². The Labute approximate surface area is 146 Å². The fourth-order valence-corrected chi connectivity index (χ4v) is 3.26. The number of urea groups is 1. The maximum atomic E-state index is 14.2. The third-order valence-corrected chi connectivity index (χ3v) is 4.75. The average molecular weight is 349 g/mol. The number of amides is 3. The SMILES string of the molecule is COc1cccc(F)c1[C@H](C)NC(=O)N1CCC[C@@H]1C(=O)NC1CC1. The standard InChI is InChI=1S/C18H24FN3O3/c1-11(16-13(19)5-3-7-15(16)25-2)20-18(24)22-10-4-6-14(22)17(23)21-12-8-9-12/h3,5,7,11-12,14H,4,6,8-10H2,1-2H3,(H,20,24)(H,21,23)/t11-,14+/m0/s1. The predicted octanol–water partition coefficient (Wildman–Crippen LogP) is 2.35. The van der Waals surface area contributed by atoms with Gasteiger partial charge in [-0.1, -0.05) is 6.07 Å². The van der Waals surface area contributed by atoms with Gasteiger partial charge in [-0.05, 0) is 44.7 Å². The maximum absolute atomic E-state index is 14.2. The Balaban J connectivity index is 1.67. The highest BCUT2D eigenvalue weighted by molar-refractivity contribution is 5.88. The predicted molar refractivity (Wildman–Crippen MR) is 90.8 cm³/mol. The summed E-state index contributed by atoms with van der Waals surface area (Å²) >= 11 is 0. The summed E-state index contributed by atoms with van der Waals surface area (Å²) in [5.41, 5.74) is 0.302. The van der Waals surface area contributed by atoms with Crippen LogP contribution in [-0.2, 0) is 4.79 Å². The molecular weight excluding hydrogens is 325 g/mol. The molecule has 1 aromatic carbocycles. The minimum atomic E-state index is -0.573. The normalized spacial score (nSPS) is 20.9. The van der Waals surface area contributed by atoms with Gasteiger partial charge in [0.05, 0.1) is 18.7 Å². The summed E-state index contributed by atoms with van der Waals surface area (Å²) < 4.78 is 19.4. The van der Waals surface area contributed by atoms with Gasteiger partial charge in [-0.15, -0.1) is 0 Å². The number of halogens is 1. The number of hydrogen-bond acceptors (Lipinski definition) is 3. The van der Waals surface area contributed by atoms with E-state index in [2.05, 4.69) is 10.6 Å². The maximum Gasteiger partial charge on any atom is 0.318 e. The first-order valence-corrected chi connectivity index (χ1v) is 8.71. The van der Waals surface area contributed by atoms with E-state index < -0.39 is 17.9 Å². The van der Waals surface area contributed by atoms with Crippen molar-refractivity contribution in [2.45, 2.75) is 50.7 Å². The number of likely N-dealkylation sites (tertiary alicyclic amines) is 1. The minimum absolute atomic E-state index is 0.0914. The van der Waals surface area contributed by atoms with Crippen LogP contribution in [0.25, 0.3) is 0 Å². The molecule has 6 nitrogen and oxygen atoms in total. The molecule has 2 atom stereocenters. The third-order valence-electron chi connectivity index (χ3n) is 4.75. The van der Waals surface area contributed by atoms with E-state index >= 15 is 0 Å². The zero-order chi connectivity index (χ0) is 18.0. The van der Waals surface area contributed by atoms with Crippen molar-refractivity contribution in [3.8, 4) is 5.75 Å². The molecule has 25 heavy (non-hydrogen) atoms. The molecule has 1 aromatic rings. The van der Waals surface area contributed by atoms with Crippen molar-refractivity contribution in [1.82, 2.24) is 15.5 Å². The van der Waals surface area contributed by atoms with Gasteiger partial charge >= 0.3 is 6.03 Å². The lowest BCUT2D eigenvalue weighted by Gasteiger charge is -2.27. The van der Waals surface area contributed by atoms with Crippen molar-refractivity contribution < 1.29 is 18.7 Å². The second kappa shape index (κ2) is 7.29. The molecule has 2 aliphatic rings. The van der Waals surface area contributed by atoms with Crippen LogP contribution in [0.15, 0.2) is 18.2 Å². The lowest BCUT2D eigenvalue weighted by atomic mass is 10.1. The molecule has 0 spiro atoms. The molecule has 3 rings (SSSR count). The van der Waals surface area contributed by atoms with E-state index in [1.54, 1.807) is 24.0 Å². The first kappa shape index (κ1) is 17.5. The molecule has 3 amide bonds. The molecule has 2 fully saturated rings. The summed E-state index contributed by atoms with van der Waals surface area (Å²) in [6.07, 6.45) is 3.46. The molecule has 1 heterocycles. The highest BCUT2D eigenvalue weighted by Crippen LogP contribution is 2.28. The van der Waals surface area contributed by atoms with Crippen LogP contribution in [0.3, 0.4) is 0 Å². The molecule has 2 N–H and O–H groups in total. The molecule has 0 bridgehead atoms. The van der Waals surface area contributed by atoms with E-state index in [1.807, 2.05) is 0 Å². The number of carbonyl (C=O) groups is 2. The zero-order valence-electron chi connectivity index (χ0n) is 14.5. The second-order valence-electron chi connectivity index (χ2n) is 6.66. The van der Waals surface area contributed by atoms with Gasteiger partial charge in [0.1, 0.15) is 17.6 Å². The number of nitrogens with zero attached hydrogens (tertiary/aromatic N) is 1. The third kappa shape index (κ3) is 3.86. The van der Waals surface area contributed by atoms with Gasteiger partial charge in [0.15, 0.2) is 0 Å². The molecule has 1 saturated carbocycles. The van der Waals surface area contributed by atoms with Crippen molar-refractivity contribution in [1.29, 1.82) is 0 Å². The Morgan fingerprint density at radius 2 is 2.08 bits per heavy atom. The average Bonchev–Trinajstić information content (AvgIpc) is 3.25. The van der Waals surface area contributed by atoms with Gasteiger partial charge in [-0.2, -0.15) is 0 Å². The highest BCUT2D eigenvalue weighted by atomic mass is 19.1. The van der Waals surface area contributed by atoms with E-state index in [1.165, 1.54) is 13.2 Å². The molecule has 136 valence electrons. The molecule has 7 heteroatoms. The lowest BCUT2D eigenvalue weighted by Crippen LogP contribution is -2.50. The second-order valence-corrected chi connectivity index (χ2v) is 6.66. The number of benzene rings is 1. The van der Waals surface area contributed by atoms with Crippen LogP contribution in [0.5, 0.6) is 5.75 Å².